The maximum Gasteiger partial charge on any atom is 0.122 e. The minimum Gasteiger partial charge on any atom is -0.508 e. The molecule has 0 heterocycles. The van der Waals surface area contributed by atoms with Gasteiger partial charge in [0.2, 0.25) is 0 Å². The van der Waals surface area contributed by atoms with Gasteiger partial charge < -0.3 is 9.84 Å². The molecule has 2 aromatic rings. The van der Waals surface area contributed by atoms with Gasteiger partial charge in [0.15, 0.2) is 0 Å². The zero-order valence-electron chi connectivity index (χ0n) is 9.60. The van der Waals surface area contributed by atoms with Crippen LogP contribution in [-0.4, -0.2) is 11.7 Å². The number of benzene rings is 2. The largest absolute Gasteiger partial charge is 0.508 e. The molecular formula is C14H16O2. The number of phenols is 1. The van der Waals surface area contributed by atoms with Crippen LogP contribution in [0.5, 0.6) is 5.75 Å². The fourth-order valence-corrected chi connectivity index (χ4v) is 2.04. The van der Waals surface area contributed by atoms with Crippen LogP contribution in [0, 0.1) is 0 Å². The van der Waals surface area contributed by atoms with Crippen molar-refractivity contribution in [3.8, 4) is 5.75 Å². The summed E-state index contributed by atoms with van der Waals surface area (Å²) in [5, 5.41) is 12.1. The number of hydrogen-bond donors (Lipinski definition) is 1. The predicted octanol–water partition coefficient (Wildman–Crippen LogP) is 3.64. The van der Waals surface area contributed by atoms with Crippen LogP contribution in [0.15, 0.2) is 36.4 Å². The Balaban J connectivity index is 2.61. The minimum absolute atomic E-state index is 0.0869. The van der Waals surface area contributed by atoms with Gasteiger partial charge in [0.1, 0.15) is 5.75 Å². The topological polar surface area (TPSA) is 29.5 Å². The molecule has 1 atom stereocenters. The molecule has 84 valence electrons. The van der Waals surface area contributed by atoms with Gasteiger partial charge in [-0.25, -0.2) is 0 Å². The van der Waals surface area contributed by atoms with Gasteiger partial charge in [0.25, 0.3) is 0 Å². The van der Waals surface area contributed by atoms with Gasteiger partial charge in [-0.2, -0.15) is 0 Å². The average molecular weight is 216 g/mol. The number of ether oxygens (including phenoxy) is 1. The Kier molecular flexibility index (Phi) is 3.11. The van der Waals surface area contributed by atoms with Crippen molar-refractivity contribution in [2.75, 3.05) is 6.61 Å². The molecule has 0 saturated heterocycles. The number of fused-ring (bicyclic) bond motifs is 1. The predicted molar refractivity (Wildman–Crippen MR) is 65.7 cm³/mol. The van der Waals surface area contributed by atoms with Crippen LogP contribution in [0.1, 0.15) is 25.5 Å². The Morgan fingerprint density at radius 1 is 1.19 bits per heavy atom. The summed E-state index contributed by atoms with van der Waals surface area (Å²) in [6.07, 6.45) is -0.0869. The van der Waals surface area contributed by atoms with Crippen LogP contribution in [0.2, 0.25) is 0 Å². The van der Waals surface area contributed by atoms with Crippen LogP contribution >= 0.6 is 0 Å². The molecule has 0 aliphatic carbocycles. The fraction of sp³-hybridized carbons (Fsp3) is 0.286. The van der Waals surface area contributed by atoms with Crippen LogP contribution < -0.4 is 0 Å². The molecule has 0 fully saturated rings. The highest BCUT2D eigenvalue weighted by molar-refractivity contribution is 5.88. The Hall–Kier alpha value is -1.54. The highest BCUT2D eigenvalue weighted by Crippen LogP contribution is 2.33. The van der Waals surface area contributed by atoms with Crippen molar-refractivity contribution in [1.29, 1.82) is 0 Å². The Morgan fingerprint density at radius 3 is 2.69 bits per heavy atom. The molecule has 0 radical (unpaired) electrons. The van der Waals surface area contributed by atoms with E-state index in [1.165, 1.54) is 0 Å². The van der Waals surface area contributed by atoms with Gasteiger partial charge in [-0.1, -0.05) is 30.3 Å². The summed E-state index contributed by atoms with van der Waals surface area (Å²) in [5.41, 5.74) is 0.875. The monoisotopic (exact) mass is 216 g/mol. The Morgan fingerprint density at radius 2 is 1.94 bits per heavy atom. The molecule has 2 aromatic carbocycles. The van der Waals surface area contributed by atoms with Crippen LogP contribution in [-0.2, 0) is 4.74 Å². The maximum atomic E-state index is 9.93. The molecule has 1 N–H and O–H groups in total. The molecule has 0 saturated carbocycles. The van der Waals surface area contributed by atoms with E-state index in [1.807, 2.05) is 44.2 Å². The van der Waals surface area contributed by atoms with Gasteiger partial charge in [0.05, 0.1) is 6.10 Å². The first-order valence-electron chi connectivity index (χ1n) is 5.56. The van der Waals surface area contributed by atoms with Gasteiger partial charge in [-0.05, 0) is 30.7 Å². The van der Waals surface area contributed by atoms with Crippen molar-refractivity contribution >= 4 is 10.8 Å². The molecular weight excluding hydrogens is 200 g/mol. The van der Waals surface area contributed by atoms with Crippen molar-refractivity contribution < 1.29 is 9.84 Å². The summed E-state index contributed by atoms with van der Waals surface area (Å²) in [6.45, 7) is 4.56. The molecule has 1 unspecified atom stereocenters. The van der Waals surface area contributed by atoms with Gasteiger partial charge >= 0.3 is 0 Å². The molecule has 2 nitrogen and oxygen atoms in total. The second-order valence-corrected chi connectivity index (χ2v) is 3.82. The third kappa shape index (κ3) is 1.89. The van der Waals surface area contributed by atoms with E-state index in [2.05, 4.69) is 0 Å². The van der Waals surface area contributed by atoms with Crippen LogP contribution in [0.25, 0.3) is 10.8 Å². The maximum absolute atomic E-state index is 9.93. The second kappa shape index (κ2) is 4.54. The fourth-order valence-electron chi connectivity index (χ4n) is 2.04. The van der Waals surface area contributed by atoms with Crippen LogP contribution in [0.3, 0.4) is 0 Å². The molecule has 0 aliphatic heterocycles. The van der Waals surface area contributed by atoms with E-state index in [-0.39, 0.29) is 6.10 Å². The highest BCUT2D eigenvalue weighted by atomic mass is 16.5. The van der Waals surface area contributed by atoms with Crippen molar-refractivity contribution in [3.63, 3.8) is 0 Å². The van der Waals surface area contributed by atoms with Crippen molar-refractivity contribution in [1.82, 2.24) is 0 Å². The summed E-state index contributed by atoms with van der Waals surface area (Å²) in [7, 11) is 0. The second-order valence-electron chi connectivity index (χ2n) is 3.82. The van der Waals surface area contributed by atoms with E-state index in [4.69, 9.17) is 4.74 Å². The average Bonchev–Trinajstić information content (AvgIpc) is 2.29. The molecule has 0 bridgehead atoms. The third-order valence-electron chi connectivity index (χ3n) is 2.77. The van der Waals surface area contributed by atoms with Crippen molar-refractivity contribution in [3.05, 3.63) is 42.0 Å². The lowest BCUT2D eigenvalue weighted by molar-refractivity contribution is 0.0757. The van der Waals surface area contributed by atoms with Crippen LogP contribution in [0.4, 0.5) is 0 Å². The van der Waals surface area contributed by atoms with Crippen molar-refractivity contribution in [2.45, 2.75) is 20.0 Å². The number of rotatable bonds is 3. The normalized spacial score (nSPS) is 12.9. The number of aromatic hydroxyl groups is 1. The summed E-state index contributed by atoms with van der Waals surface area (Å²) < 4.78 is 5.56. The third-order valence-corrected chi connectivity index (χ3v) is 2.77. The SMILES string of the molecule is CCOC(C)c1c(O)ccc2ccccc12. The van der Waals surface area contributed by atoms with E-state index >= 15 is 0 Å². The molecule has 16 heavy (non-hydrogen) atoms. The van der Waals surface area contributed by atoms with Gasteiger partial charge in [0, 0.05) is 12.2 Å². The van der Waals surface area contributed by atoms with Gasteiger partial charge in [-0.15, -0.1) is 0 Å². The summed E-state index contributed by atoms with van der Waals surface area (Å²) in [4.78, 5) is 0. The summed E-state index contributed by atoms with van der Waals surface area (Å²) in [6, 6.07) is 11.7. The zero-order chi connectivity index (χ0) is 11.5. The molecule has 2 rings (SSSR count). The first kappa shape index (κ1) is 11.0. The Labute approximate surface area is 95.5 Å². The Bertz CT molecular complexity index is 491. The van der Waals surface area contributed by atoms with Gasteiger partial charge in [-0.3, -0.25) is 0 Å². The zero-order valence-corrected chi connectivity index (χ0v) is 9.60. The van der Waals surface area contributed by atoms with E-state index in [1.54, 1.807) is 6.07 Å². The van der Waals surface area contributed by atoms with E-state index in [9.17, 15) is 5.11 Å². The quantitative estimate of drug-likeness (QED) is 0.848. The summed E-state index contributed by atoms with van der Waals surface area (Å²) >= 11 is 0. The molecule has 2 heteroatoms. The van der Waals surface area contributed by atoms with E-state index in [0.717, 1.165) is 16.3 Å². The minimum atomic E-state index is -0.0869. The van der Waals surface area contributed by atoms with E-state index in [0.29, 0.717) is 12.4 Å². The molecule has 0 aliphatic rings. The van der Waals surface area contributed by atoms with E-state index < -0.39 is 0 Å². The molecule has 0 amide bonds. The number of phenolic OH excluding ortho intramolecular Hbond substituents is 1. The standard InChI is InChI=1S/C14H16O2/c1-3-16-10(2)14-12-7-5-4-6-11(12)8-9-13(14)15/h4-10,15H,3H2,1-2H3. The lowest BCUT2D eigenvalue weighted by Crippen LogP contribution is -2.00. The highest BCUT2D eigenvalue weighted by Gasteiger charge is 2.13. The smallest absolute Gasteiger partial charge is 0.122 e. The van der Waals surface area contributed by atoms with Crippen molar-refractivity contribution in [2.24, 2.45) is 0 Å². The number of hydrogen-bond acceptors (Lipinski definition) is 2. The first-order valence-corrected chi connectivity index (χ1v) is 5.56. The lowest BCUT2D eigenvalue weighted by Gasteiger charge is -2.16. The first-order chi connectivity index (χ1) is 7.74. The molecule has 0 spiro atoms. The lowest BCUT2D eigenvalue weighted by atomic mass is 10.00. The molecule has 0 aromatic heterocycles. The summed E-state index contributed by atoms with van der Waals surface area (Å²) in [5.74, 6) is 0.305.